The van der Waals surface area contributed by atoms with Crippen LogP contribution in [0.15, 0.2) is 36.1 Å². The number of ether oxygens (including phenoxy) is 5. The maximum atomic E-state index is 12.7. The molecule has 1 saturated carbocycles. The van der Waals surface area contributed by atoms with Crippen LogP contribution in [0.2, 0.25) is 0 Å². The predicted molar refractivity (Wildman–Crippen MR) is 132 cm³/mol. The van der Waals surface area contributed by atoms with Gasteiger partial charge in [-0.1, -0.05) is 6.07 Å². The standard InChI is InChI=1S/C26H32O15/c1-37-24(36)12-9-38-25(41-26-22(35)21(34)20(33)15(8-28)39-26)18-11(7-27)19(32)23(17(12)18)40-16(31)5-3-10-2-4-13(29)14(30)6-10/h2-6,9,11,15,17-23,25-30,32-35H,7-8H2,1H3/t11-,15-,17-,18-,19-,20-,21+,22-,23+,25+,26+/m1/s1. The van der Waals surface area contributed by atoms with Crippen LogP contribution in [-0.2, 0) is 33.3 Å². The summed E-state index contributed by atoms with van der Waals surface area (Å²) < 4.78 is 27.0. The van der Waals surface area contributed by atoms with Gasteiger partial charge in [-0.2, -0.15) is 0 Å². The first-order valence-electron chi connectivity index (χ1n) is 12.6. The molecule has 4 rings (SSSR count). The fourth-order valence-electron chi connectivity index (χ4n) is 5.33. The largest absolute Gasteiger partial charge is 0.504 e. The Morgan fingerprint density at radius 2 is 1.68 bits per heavy atom. The minimum atomic E-state index is -1.79. The molecule has 1 saturated heterocycles. The molecule has 8 N–H and O–H groups in total. The molecule has 0 radical (unpaired) electrons. The Hall–Kier alpha value is -3.28. The van der Waals surface area contributed by atoms with Crippen LogP contribution in [0.3, 0.4) is 0 Å². The molecule has 0 amide bonds. The molecule has 0 spiro atoms. The quantitative estimate of drug-likeness (QED) is 0.0892. The monoisotopic (exact) mass is 584 g/mol. The van der Waals surface area contributed by atoms with Gasteiger partial charge in [-0.3, -0.25) is 0 Å². The Labute approximate surface area is 233 Å². The van der Waals surface area contributed by atoms with Crippen LogP contribution < -0.4 is 0 Å². The SMILES string of the molecule is COC(=O)C1=CO[C@@H](O[C@@H]2O[C@H](CO)[C@@H](O)[C@H](O)[C@H]2O)[C@@H]2[C@@H](CO)[C@@H](O)[C@@H](OC(=O)C=Cc3ccc(O)c(O)c3)[C@H]12. The van der Waals surface area contributed by atoms with E-state index in [-0.39, 0.29) is 11.3 Å². The fraction of sp³-hybridized carbons (Fsp3) is 0.538. The zero-order valence-corrected chi connectivity index (χ0v) is 21.7. The minimum Gasteiger partial charge on any atom is -0.504 e. The van der Waals surface area contributed by atoms with Crippen molar-refractivity contribution in [3.63, 3.8) is 0 Å². The topological polar surface area (TPSA) is 242 Å². The number of phenolic OH excluding ortho intramolecular Hbond substituents is 2. The van der Waals surface area contributed by atoms with Crippen molar-refractivity contribution >= 4 is 18.0 Å². The molecule has 2 aliphatic heterocycles. The van der Waals surface area contributed by atoms with E-state index in [9.17, 15) is 50.4 Å². The van der Waals surface area contributed by atoms with Gasteiger partial charge in [0, 0.05) is 30.4 Å². The van der Waals surface area contributed by atoms with Crippen LogP contribution >= 0.6 is 0 Å². The minimum absolute atomic E-state index is 0.147. The summed E-state index contributed by atoms with van der Waals surface area (Å²) in [4.78, 5) is 25.4. The number of rotatable bonds is 8. The first-order valence-corrected chi connectivity index (χ1v) is 12.6. The average Bonchev–Trinajstić information content (AvgIpc) is 3.24. The molecule has 1 aromatic carbocycles. The second-order valence-corrected chi connectivity index (χ2v) is 9.83. The molecule has 3 aliphatic rings. The number of aliphatic hydroxyl groups is 6. The number of aromatic hydroxyl groups is 2. The van der Waals surface area contributed by atoms with Crippen molar-refractivity contribution in [3.05, 3.63) is 41.7 Å². The van der Waals surface area contributed by atoms with Gasteiger partial charge in [0.25, 0.3) is 0 Å². The molecule has 1 aliphatic carbocycles. The van der Waals surface area contributed by atoms with Crippen molar-refractivity contribution in [2.24, 2.45) is 17.8 Å². The molecule has 0 bridgehead atoms. The zero-order chi connectivity index (χ0) is 30.0. The van der Waals surface area contributed by atoms with E-state index in [0.717, 1.165) is 19.4 Å². The van der Waals surface area contributed by atoms with Crippen molar-refractivity contribution < 1.29 is 74.1 Å². The normalized spacial score (nSPS) is 36.8. The molecular weight excluding hydrogens is 552 g/mol. The number of phenols is 2. The Morgan fingerprint density at radius 3 is 2.32 bits per heavy atom. The van der Waals surface area contributed by atoms with Crippen LogP contribution in [0.5, 0.6) is 11.5 Å². The lowest BCUT2D eigenvalue weighted by Crippen LogP contribution is -2.60. The highest BCUT2D eigenvalue weighted by Gasteiger charge is 2.60. The average molecular weight is 585 g/mol. The molecular formula is C26H32O15. The van der Waals surface area contributed by atoms with E-state index in [1.54, 1.807) is 0 Å². The number of hydrogen-bond donors (Lipinski definition) is 8. The molecule has 41 heavy (non-hydrogen) atoms. The summed E-state index contributed by atoms with van der Waals surface area (Å²) in [5.41, 5.74) is 0.191. The molecule has 0 unspecified atom stereocenters. The van der Waals surface area contributed by atoms with Crippen molar-refractivity contribution in [2.75, 3.05) is 20.3 Å². The van der Waals surface area contributed by atoms with Gasteiger partial charge in [-0.15, -0.1) is 0 Å². The third-order valence-electron chi connectivity index (χ3n) is 7.45. The number of carbonyl (C=O) groups is 2. The number of carbonyl (C=O) groups excluding carboxylic acids is 2. The summed E-state index contributed by atoms with van der Waals surface area (Å²) >= 11 is 0. The number of methoxy groups -OCH3 is 1. The lowest BCUT2D eigenvalue weighted by Gasteiger charge is -2.43. The highest BCUT2D eigenvalue weighted by atomic mass is 16.8. The highest BCUT2D eigenvalue weighted by molar-refractivity contribution is 5.90. The Kier molecular flexibility index (Phi) is 9.51. The summed E-state index contributed by atoms with van der Waals surface area (Å²) in [6.07, 6.45) is -9.32. The van der Waals surface area contributed by atoms with E-state index in [1.165, 1.54) is 24.3 Å². The van der Waals surface area contributed by atoms with E-state index in [1.807, 2.05) is 0 Å². The number of hydrogen-bond acceptors (Lipinski definition) is 15. The van der Waals surface area contributed by atoms with Crippen LogP contribution in [0.1, 0.15) is 5.56 Å². The third kappa shape index (κ3) is 6.02. The third-order valence-corrected chi connectivity index (χ3v) is 7.45. The van der Waals surface area contributed by atoms with E-state index in [4.69, 9.17) is 23.7 Å². The van der Waals surface area contributed by atoms with Crippen molar-refractivity contribution in [3.8, 4) is 11.5 Å². The molecule has 15 nitrogen and oxygen atoms in total. The summed E-state index contributed by atoms with van der Waals surface area (Å²) in [6.45, 7) is -1.40. The second kappa shape index (κ2) is 12.7. The first-order chi connectivity index (χ1) is 19.5. The highest BCUT2D eigenvalue weighted by Crippen LogP contribution is 2.49. The number of esters is 2. The van der Waals surface area contributed by atoms with Gasteiger partial charge in [0.05, 0.1) is 31.7 Å². The van der Waals surface area contributed by atoms with Gasteiger partial charge in [0.1, 0.15) is 30.5 Å². The summed E-state index contributed by atoms with van der Waals surface area (Å²) in [5.74, 6) is -5.94. The first kappa shape index (κ1) is 30.7. The van der Waals surface area contributed by atoms with Gasteiger partial charge in [0.15, 0.2) is 17.8 Å². The van der Waals surface area contributed by atoms with E-state index in [2.05, 4.69) is 0 Å². The van der Waals surface area contributed by atoms with Crippen molar-refractivity contribution in [1.29, 1.82) is 0 Å². The van der Waals surface area contributed by atoms with Crippen LogP contribution in [0.4, 0.5) is 0 Å². The fourth-order valence-corrected chi connectivity index (χ4v) is 5.33. The number of aliphatic hydroxyl groups excluding tert-OH is 6. The Morgan fingerprint density at radius 1 is 0.951 bits per heavy atom. The van der Waals surface area contributed by atoms with Crippen molar-refractivity contribution in [1.82, 2.24) is 0 Å². The summed E-state index contributed by atoms with van der Waals surface area (Å²) in [5, 5.41) is 80.4. The second-order valence-electron chi connectivity index (χ2n) is 9.83. The van der Waals surface area contributed by atoms with E-state index in [0.29, 0.717) is 5.56 Å². The zero-order valence-electron chi connectivity index (χ0n) is 21.7. The number of fused-ring (bicyclic) bond motifs is 1. The smallest absolute Gasteiger partial charge is 0.337 e. The summed E-state index contributed by atoms with van der Waals surface area (Å²) in [7, 11) is 1.10. The van der Waals surface area contributed by atoms with Gasteiger partial charge < -0.3 is 64.5 Å². The molecule has 0 aromatic heterocycles. The molecule has 226 valence electrons. The molecule has 11 atom stereocenters. The predicted octanol–water partition coefficient (Wildman–Crippen LogP) is -2.53. The summed E-state index contributed by atoms with van der Waals surface area (Å²) in [6, 6.07) is 3.82. The van der Waals surface area contributed by atoms with E-state index < -0.39 is 97.9 Å². The lowest BCUT2D eigenvalue weighted by atomic mass is 9.82. The van der Waals surface area contributed by atoms with Gasteiger partial charge in [0.2, 0.25) is 6.29 Å². The molecule has 15 heteroatoms. The lowest BCUT2D eigenvalue weighted by molar-refractivity contribution is -0.343. The van der Waals surface area contributed by atoms with Crippen molar-refractivity contribution in [2.45, 2.75) is 49.2 Å². The Balaban J connectivity index is 1.60. The maximum Gasteiger partial charge on any atom is 0.337 e. The Bertz CT molecular complexity index is 1170. The maximum absolute atomic E-state index is 12.7. The molecule has 2 heterocycles. The van der Waals surface area contributed by atoms with E-state index >= 15 is 0 Å². The van der Waals surface area contributed by atoms with Gasteiger partial charge in [-0.05, 0) is 23.8 Å². The van der Waals surface area contributed by atoms with Gasteiger partial charge in [-0.25, -0.2) is 9.59 Å². The van der Waals surface area contributed by atoms with Crippen LogP contribution in [-0.4, -0.2) is 122 Å². The van der Waals surface area contributed by atoms with Crippen LogP contribution in [0, 0.1) is 17.8 Å². The molecule has 1 aromatic rings. The molecule has 2 fully saturated rings. The van der Waals surface area contributed by atoms with Gasteiger partial charge >= 0.3 is 11.9 Å². The number of benzene rings is 1. The van der Waals surface area contributed by atoms with Crippen LogP contribution in [0.25, 0.3) is 6.08 Å².